The summed E-state index contributed by atoms with van der Waals surface area (Å²) >= 11 is 0. The molecule has 2 aromatic carbocycles. The molecule has 0 fully saturated rings. The highest BCUT2D eigenvalue weighted by Crippen LogP contribution is 2.28. The molecule has 0 heterocycles. The molecule has 2 N–H and O–H groups in total. The fourth-order valence-corrected chi connectivity index (χ4v) is 2.08. The van der Waals surface area contributed by atoms with E-state index < -0.39 is 5.82 Å². The third-order valence-electron chi connectivity index (χ3n) is 3.20. The Bertz CT molecular complexity index is 599. The average Bonchev–Trinajstić information content (AvgIpc) is 2.38. The molecule has 106 valence electrons. The first kappa shape index (κ1) is 14.2. The quantitative estimate of drug-likeness (QED) is 0.891. The topological polar surface area (TPSA) is 35.5 Å². The molecule has 0 spiro atoms. The minimum absolute atomic E-state index is 0.0336. The van der Waals surface area contributed by atoms with Crippen molar-refractivity contribution in [3.05, 3.63) is 53.8 Å². The van der Waals surface area contributed by atoms with Gasteiger partial charge in [-0.1, -0.05) is 12.1 Å². The second-order valence-electron chi connectivity index (χ2n) is 5.01. The van der Waals surface area contributed by atoms with Crippen molar-refractivity contribution in [2.75, 3.05) is 24.3 Å². The third kappa shape index (κ3) is 3.20. The second kappa shape index (κ2) is 5.82. The van der Waals surface area contributed by atoms with Crippen molar-refractivity contribution in [3.63, 3.8) is 0 Å². The van der Waals surface area contributed by atoms with Gasteiger partial charge in [0.05, 0.1) is 6.04 Å². The lowest BCUT2D eigenvalue weighted by molar-refractivity contribution is 0.459. The van der Waals surface area contributed by atoms with Gasteiger partial charge < -0.3 is 15.3 Å². The fourth-order valence-electron chi connectivity index (χ4n) is 2.08. The first-order valence-corrected chi connectivity index (χ1v) is 6.49. The number of hydrogen-bond donors (Lipinski definition) is 2. The molecule has 0 aliphatic rings. The van der Waals surface area contributed by atoms with Crippen LogP contribution in [0.25, 0.3) is 0 Å². The van der Waals surface area contributed by atoms with E-state index in [2.05, 4.69) is 5.32 Å². The summed E-state index contributed by atoms with van der Waals surface area (Å²) in [5.74, 6) is -0.471. The van der Waals surface area contributed by atoms with Gasteiger partial charge in [0.15, 0.2) is 0 Å². The molecule has 0 bridgehead atoms. The molecule has 1 unspecified atom stereocenters. The maximum Gasteiger partial charge on any atom is 0.126 e. The van der Waals surface area contributed by atoms with Gasteiger partial charge in [0.1, 0.15) is 11.6 Å². The summed E-state index contributed by atoms with van der Waals surface area (Å²) in [4.78, 5) is 2.02. The zero-order valence-electron chi connectivity index (χ0n) is 11.9. The van der Waals surface area contributed by atoms with Crippen LogP contribution < -0.4 is 10.2 Å². The van der Waals surface area contributed by atoms with Gasteiger partial charge in [0.2, 0.25) is 0 Å². The summed E-state index contributed by atoms with van der Waals surface area (Å²) in [6.07, 6.45) is 0. The van der Waals surface area contributed by atoms with Crippen molar-refractivity contribution in [3.8, 4) is 5.75 Å². The van der Waals surface area contributed by atoms with E-state index in [9.17, 15) is 9.50 Å². The Labute approximate surface area is 118 Å². The van der Waals surface area contributed by atoms with Crippen LogP contribution in [0.3, 0.4) is 0 Å². The Balaban J connectivity index is 2.19. The molecule has 0 aliphatic carbocycles. The highest BCUT2D eigenvalue weighted by Gasteiger charge is 2.11. The highest BCUT2D eigenvalue weighted by atomic mass is 19.1. The van der Waals surface area contributed by atoms with Crippen LogP contribution in [0.5, 0.6) is 5.75 Å². The van der Waals surface area contributed by atoms with E-state index in [0.29, 0.717) is 5.56 Å². The number of hydrogen-bond acceptors (Lipinski definition) is 3. The molecule has 0 saturated carbocycles. The van der Waals surface area contributed by atoms with E-state index in [0.717, 1.165) is 17.4 Å². The fraction of sp³-hybridized carbons (Fsp3) is 0.250. The van der Waals surface area contributed by atoms with Gasteiger partial charge in [0, 0.05) is 37.1 Å². The minimum atomic E-state index is -0.437. The molecule has 4 heteroatoms. The summed E-state index contributed by atoms with van der Waals surface area (Å²) < 4.78 is 13.0. The lowest BCUT2D eigenvalue weighted by Gasteiger charge is -2.19. The minimum Gasteiger partial charge on any atom is -0.507 e. The molecule has 3 nitrogen and oxygen atoms in total. The molecule has 2 rings (SSSR count). The van der Waals surface area contributed by atoms with E-state index >= 15 is 0 Å². The first-order valence-electron chi connectivity index (χ1n) is 6.49. The van der Waals surface area contributed by atoms with Crippen LogP contribution in [-0.4, -0.2) is 19.2 Å². The molecular formula is C16H19FN2O. The van der Waals surface area contributed by atoms with Crippen molar-refractivity contribution in [2.24, 2.45) is 0 Å². The van der Waals surface area contributed by atoms with E-state index in [1.165, 1.54) is 6.07 Å². The van der Waals surface area contributed by atoms with Gasteiger partial charge in [0.25, 0.3) is 0 Å². The Morgan fingerprint density at radius 2 is 1.90 bits per heavy atom. The van der Waals surface area contributed by atoms with Gasteiger partial charge in [-0.3, -0.25) is 0 Å². The van der Waals surface area contributed by atoms with Crippen molar-refractivity contribution in [1.29, 1.82) is 0 Å². The summed E-state index contributed by atoms with van der Waals surface area (Å²) in [5.41, 5.74) is 2.71. The van der Waals surface area contributed by atoms with Gasteiger partial charge in [-0.25, -0.2) is 4.39 Å². The van der Waals surface area contributed by atoms with Gasteiger partial charge in [-0.15, -0.1) is 0 Å². The number of aromatic hydroxyl groups is 1. The van der Waals surface area contributed by atoms with Crippen molar-refractivity contribution < 1.29 is 9.50 Å². The van der Waals surface area contributed by atoms with Crippen molar-refractivity contribution in [1.82, 2.24) is 0 Å². The van der Waals surface area contributed by atoms with E-state index in [1.807, 2.05) is 50.2 Å². The summed E-state index contributed by atoms with van der Waals surface area (Å²) in [6.45, 7) is 1.93. The number of nitrogens with one attached hydrogen (secondary N) is 1. The van der Waals surface area contributed by atoms with Crippen LogP contribution in [0.2, 0.25) is 0 Å². The second-order valence-corrected chi connectivity index (χ2v) is 5.01. The Morgan fingerprint density at radius 3 is 2.55 bits per heavy atom. The van der Waals surface area contributed by atoms with Gasteiger partial charge in [-0.05, 0) is 31.2 Å². The number of nitrogens with zero attached hydrogens (tertiary/aromatic N) is 1. The number of phenolic OH excluding ortho intramolecular Hbond substituents is 1. The molecule has 0 saturated heterocycles. The summed E-state index contributed by atoms with van der Waals surface area (Å²) in [5, 5.41) is 13.1. The van der Waals surface area contributed by atoms with Gasteiger partial charge in [-0.2, -0.15) is 0 Å². The zero-order chi connectivity index (χ0) is 14.7. The summed E-state index contributed by atoms with van der Waals surface area (Å²) in [7, 11) is 3.96. The molecule has 0 radical (unpaired) electrons. The largest absolute Gasteiger partial charge is 0.507 e. The number of benzene rings is 2. The van der Waals surface area contributed by atoms with Crippen LogP contribution >= 0.6 is 0 Å². The molecule has 20 heavy (non-hydrogen) atoms. The third-order valence-corrected chi connectivity index (χ3v) is 3.20. The first-order chi connectivity index (χ1) is 9.47. The van der Waals surface area contributed by atoms with E-state index in [1.54, 1.807) is 6.07 Å². The van der Waals surface area contributed by atoms with Crippen LogP contribution in [0.4, 0.5) is 15.8 Å². The smallest absolute Gasteiger partial charge is 0.126 e. The van der Waals surface area contributed by atoms with Crippen molar-refractivity contribution in [2.45, 2.75) is 13.0 Å². The highest BCUT2D eigenvalue weighted by molar-refractivity contribution is 5.58. The maximum absolute atomic E-state index is 13.0. The average molecular weight is 274 g/mol. The predicted octanol–water partition coefficient (Wildman–Crippen LogP) is 3.77. The monoisotopic (exact) mass is 274 g/mol. The SMILES string of the molecule is CC(Nc1cccc(N(C)C)c1)c1ccc(F)cc1O. The van der Waals surface area contributed by atoms with Crippen molar-refractivity contribution >= 4 is 11.4 Å². The number of anilines is 2. The molecule has 0 aliphatic heterocycles. The normalized spacial score (nSPS) is 12.0. The Morgan fingerprint density at radius 1 is 1.15 bits per heavy atom. The zero-order valence-corrected chi connectivity index (χ0v) is 11.9. The molecular weight excluding hydrogens is 255 g/mol. The lowest BCUT2D eigenvalue weighted by Crippen LogP contribution is -2.10. The van der Waals surface area contributed by atoms with Crippen LogP contribution in [-0.2, 0) is 0 Å². The van der Waals surface area contributed by atoms with Crippen LogP contribution in [0.15, 0.2) is 42.5 Å². The standard InChI is InChI=1S/C16H19FN2O/c1-11(15-8-7-12(17)9-16(15)20)18-13-5-4-6-14(10-13)19(2)3/h4-11,18,20H,1-3H3. The van der Waals surface area contributed by atoms with E-state index in [4.69, 9.17) is 0 Å². The van der Waals surface area contributed by atoms with Gasteiger partial charge >= 0.3 is 0 Å². The molecule has 1 atom stereocenters. The number of halogens is 1. The van der Waals surface area contributed by atoms with Crippen LogP contribution in [0.1, 0.15) is 18.5 Å². The number of rotatable bonds is 4. The molecule has 0 aromatic heterocycles. The predicted molar refractivity (Wildman–Crippen MR) is 80.9 cm³/mol. The van der Waals surface area contributed by atoms with E-state index in [-0.39, 0.29) is 11.8 Å². The molecule has 2 aromatic rings. The molecule has 0 amide bonds. The summed E-state index contributed by atoms with van der Waals surface area (Å²) in [6, 6.07) is 11.9. The Hall–Kier alpha value is -2.23. The number of phenols is 1. The Kier molecular flexibility index (Phi) is 4.13. The van der Waals surface area contributed by atoms with Crippen LogP contribution in [0, 0.1) is 5.82 Å². The lowest BCUT2D eigenvalue weighted by atomic mass is 10.1. The maximum atomic E-state index is 13.0.